The number of aliphatic hydroxyl groups is 1. The molecule has 2 N–H and O–H groups in total. The van der Waals surface area contributed by atoms with Gasteiger partial charge in [-0.3, -0.25) is 0 Å². The van der Waals surface area contributed by atoms with Gasteiger partial charge in [0.15, 0.2) is 0 Å². The Kier molecular flexibility index (Phi) is 5.53. The molecule has 0 aliphatic heterocycles. The number of halogens is 1. The van der Waals surface area contributed by atoms with Crippen molar-refractivity contribution in [1.29, 1.82) is 0 Å². The summed E-state index contributed by atoms with van der Waals surface area (Å²) in [5.74, 6) is 0. The van der Waals surface area contributed by atoms with Gasteiger partial charge in [-0.15, -0.1) is 0 Å². The van der Waals surface area contributed by atoms with Crippen LogP contribution in [0.2, 0.25) is 5.15 Å². The summed E-state index contributed by atoms with van der Waals surface area (Å²) < 4.78 is 0. The molecule has 20 heavy (non-hydrogen) atoms. The summed E-state index contributed by atoms with van der Waals surface area (Å²) in [6.45, 7) is 2.58. The minimum Gasteiger partial charge on any atom is -0.391 e. The number of hydrogen-bond acceptors (Lipinski definition) is 3. The fourth-order valence-corrected chi connectivity index (χ4v) is 2.26. The van der Waals surface area contributed by atoms with E-state index in [1.165, 1.54) is 0 Å². The number of aromatic nitrogens is 1. The van der Waals surface area contributed by atoms with Crippen molar-refractivity contribution in [3.05, 3.63) is 64.9 Å². The van der Waals surface area contributed by atoms with Crippen molar-refractivity contribution in [3.8, 4) is 0 Å². The van der Waals surface area contributed by atoms with Gasteiger partial charge in [-0.2, -0.15) is 0 Å². The number of nitrogens with one attached hydrogen (secondary N) is 1. The summed E-state index contributed by atoms with van der Waals surface area (Å²) in [6, 6.07) is 13.9. The molecule has 1 aromatic heterocycles. The first kappa shape index (κ1) is 15.0. The van der Waals surface area contributed by atoms with Crippen LogP contribution in [0.25, 0.3) is 0 Å². The molecule has 0 spiro atoms. The first-order chi connectivity index (χ1) is 9.65. The quantitative estimate of drug-likeness (QED) is 0.804. The third-order valence-electron chi connectivity index (χ3n) is 3.22. The van der Waals surface area contributed by atoms with Crippen LogP contribution in [0.4, 0.5) is 0 Å². The molecule has 0 saturated carbocycles. The third-order valence-corrected chi connectivity index (χ3v) is 3.43. The van der Waals surface area contributed by atoms with E-state index in [1.54, 1.807) is 6.20 Å². The smallest absolute Gasteiger partial charge is 0.129 e. The Hall–Kier alpha value is -1.42. The molecule has 2 rings (SSSR count). The van der Waals surface area contributed by atoms with E-state index in [9.17, 15) is 5.11 Å². The van der Waals surface area contributed by atoms with E-state index in [4.69, 9.17) is 11.6 Å². The lowest BCUT2D eigenvalue weighted by molar-refractivity contribution is 0.168. The molecule has 1 heterocycles. The molecule has 2 aromatic rings. The van der Waals surface area contributed by atoms with Gasteiger partial charge in [-0.05, 0) is 36.6 Å². The van der Waals surface area contributed by atoms with Crippen molar-refractivity contribution in [2.45, 2.75) is 25.5 Å². The Morgan fingerprint density at radius 3 is 2.70 bits per heavy atom. The van der Waals surface area contributed by atoms with Crippen molar-refractivity contribution < 1.29 is 5.11 Å². The van der Waals surface area contributed by atoms with Gasteiger partial charge in [-0.25, -0.2) is 4.98 Å². The standard InChI is InChI=1S/C16H19ClN2O/c1-12(14-7-8-18-16(17)10-14)19-11-15(20)9-13-5-3-2-4-6-13/h2-8,10,12,15,19-20H,9,11H2,1H3. The number of hydrogen-bond donors (Lipinski definition) is 2. The first-order valence-electron chi connectivity index (χ1n) is 6.72. The molecule has 106 valence electrons. The van der Waals surface area contributed by atoms with Crippen LogP contribution in [0.1, 0.15) is 24.1 Å². The fraction of sp³-hybridized carbons (Fsp3) is 0.312. The lowest BCUT2D eigenvalue weighted by Gasteiger charge is -2.17. The Bertz CT molecular complexity index is 533. The van der Waals surface area contributed by atoms with E-state index in [0.29, 0.717) is 18.1 Å². The summed E-state index contributed by atoms with van der Waals surface area (Å²) in [5, 5.41) is 13.8. The molecule has 0 amide bonds. The van der Waals surface area contributed by atoms with Gasteiger partial charge < -0.3 is 10.4 Å². The third kappa shape index (κ3) is 4.60. The first-order valence-corrected chi connectivity index (χ1v) is 7.10. The monoisotopic (exact) mass is 290 g/mol. The molecule has 4 heteroatoms. The van der Waals surface area contributed by atoms with E-state index in [1.807, 2.05) is 49.4 Å². The number of pyridine rings is 1. The average Bonchev–Trinajstić information content (AvgIpc) is 2.46. The largest absolute Gasteiger partial charge is 0.391 e. The van der Waals surface area contributed by atoms with Gasteiger partial charge in [0.25, 0.3) is 0 Å². The second kappa shape index (κ2) is 7.39. The minimum atomic E-state index is -0.405. The molecule has 0 fully saturated rings. The topological polar surface area (TPSA) is 45.1 Å². The number of aliphatic hydroxyl groups excluding tert-OH is 1. The molecular weight excluding hydrogens is 272 g/mol. The van der Waals surface area contributed by atoms with Gasteiger partial charge in [-0.1, -0.05) is 41.9 Å². The predicted octanol–water partition coefficient (Wildman–Crippen LogP) is 2.99. The van der Waals surface area contributed by atoms with E-state index in [-0.39, 0.29) is 6.04 Å². The van der Waals surface area contributed by atoms with Crippen molar-refractivity contribution >= 4 is 11.6 Å². The van der Waals surface area contributed by atoms with Crippen LogP contribution in [0.5, 0.6) is 0 Å². The number of rotatable bonds is 6. The highest BCUT2D eigenvalue weighted by Crippen LogP contribution is 2.15. The fourth-order valence-electron chi connectivity index (χ4n) is 2.08. The Labute approximate surface area is 124 Å². The van der Waals surface area contributed by atoms with Crippen LogP contribution in [-0.4, -0.2) is 22.7 Å². The lowest BCUT2D eigenvalue weighted by Crippen LogP contribution is -2.30. The van der Waals surface area contributed by atoms with Gasteiger partial charge in [0.05, 0.1) is 6.10 Å². The van der Waals surface area contributed by atoms with Crippen LogP contribution < -0.4 is 5.32 Å². The second-order valence-corrected chi connectivity index (χ2v) is 5.27. The van der Waals surface area contributed by atoms with Crippen molar-refractivity contribution in [2.75, 3.05) is 6.54 Å². The predicted molar refractivity (Wildman–Crippen MR) is 81.8 cm³/mol. The molecule has 0 aliphatic carbocycles. The highest BCUT2D eigenvalue weighted by Gasteiger charge is 2.10. The van der Waals surface area contributed by atoms with Gasteiger partial charge in [0, 0.05) is 18.8 Å². The zero-order valence-electron chi connectivity index (χ0n) is 11.5. The molecule has 3 nitrogen and oxygen atoms in total. The normalized spacial score (nSPS) is 13.9. The van der Waals surface area contributed by atoms with Crippen molar-refractivity contribution in [1.82, 2.24) is 10.3 Å². The zero-order valence-corrected chi connectivity index (χ0v) is 12.2. The second-order valence-electron chi connectivity index (χ2n) is 4.89. The lowest BCUT2D eigenvalue weighted by atomic mass is 10.1. The highest BCUT2D eigenvalue weighted by atomic mass is 35.5. The maximum Gasteiger partial charge on any atom is 0.129 e. The molecule has 0 saturated heterocycles. The van der Waals surface area contributed by atoms with E-state index in [2.05, 4.69) is 10.3 Å². The van der Waals surface area contributed by atoms with Crippen LogP contribution >= 0.6 is 11.6 Å². The minimum absolute atomic E-state index is 0.126. The molecule has 0 aliphatic rings. The van der Waals surface area contributed by atoms with Gasteiger partial charge >= 0.3 is 0 Å². The molecule has 2 unspecified atom stereocenters. The SMILES string of the molecule is CC(NCC(O)Cc1ccccc1)c1ccnc(Cl)c1. The highest BCUT2D eigenvalue weighted by molar-refractivity contribution is 6.29. The molecule has 2 atom stereocenters. The maximum atomic E-state index is 10.1. The van der Waals surface area contributed by atoms with Crippen LogP contribution in [0.15, 0.2) is 48.7 Å². The summed E-state index contributed by atoms with van der Waals surface area (Å²) in [6.07, 6.45) is 1.94. The van der Waals surface area contributed by atoms with Crippen LogP contribution in [-0.2, 0) is 6.42 Å². The van der Waals surface area contributed by atoms with E-state index in [0.717, 1.165) is 11.1 Å². The Morgan fingerprint density at radius 1 is 1.25 bits per heavy atom. The number of nitrogens with zero attached hydrogens (tertiary/aromatic N) is 1. The maximum absolute atomic E-state index is 10.1. The molecule has 0 bridgehead atoms. The summed E-state index contributed by atoms with van der Waals surface area (Å²) in [4.78, 5) is 3.96. The Balaban J connectivity index is 1.82. The van der Waals surface area contributed by atoms with Gasteiger partial charge in [0.1, 0.15) is 5.15 Å². The summed E-state index contributed by atoms with van der Waals surface area (Å²) in [7, 11) is 0. The average molecular weight is 291 g/mol. The Morgan fingerprint density at radius 2 is 2.00 bits per heavy atom. The number of benzene rings is 1. The van der Waals surface area contributed by atoms with Crippen molar-refractivity contribution in [2.24, 2.45) is 0 Å². The molecule has 1 aromatic carbocycles. The van der Waals surface area contributed by atoms with Crippen LogP contribution in [0.3, 0.4) is 0 Å². The summed E-state index contributed by atoms with van der Waals surface area (Å²) in [5.41, 5.74) is 2.21. The van der Waals surface area contributed by atoms with Crippen molar-refractivity contribution in [3.63, 3.8) is 0 Å². The molecular formula is C16H19ClN2O. The van der Waals surface area contributed by atoms with E-state index >= 15 is 0 Å². The van der Waals surface area contributed by atoms with E-state index < -0.39 is 6.10 Å². The molecule has 0 radical (unpaired) electrons. The zero-order chi connectivity index (χ0) is 14.4. The van der Waals surface area contributed by atoms with Crippen LogP contribution in [0, 0.1) is 0 Å². The summed E-state index contributed by atoms with van der Waals surface area (Å²) >= 11 is 5.87. The van der Waals surface area contributed by atoms with Gasteiger partial charge in [0.2, 0.25) is 0 Å².